The minimum Gasteiger partial charge on any atom is -0.445 e. The highest BCUT2D eigenvalue weighted by Crippen LogP contribution is 2.29. The average molecular weight is 422 g/mol. The summed E-state index contributed by atoms with van der Waals surface area (Å²) in [6.07, 6.45) is -2.44. The van der Waals surface area contributed by atoms with E-state index in [0.717, 1.165) is 5.56 Å². The molecule has 0 radical (unpaired) electrons. The number of nitrogens with one attached hydrogen (secondary N) is 1. The minimum atomic E-state index is -4.72. The molecule has 0 aliphatic rings. The van der Waals surface area contributed by atoms with Crippen molar-refractivity contribution in [2.24, 2.45) is 0 Å². The number of hydrogen-bond donors (Lipinski definition) is 1. The molecule has 3 rings (SSSR count). The second-order valence-electron chi connectivity index (χ2n) is 6.27. The Morgan fingerprint density at radius 2 is 2.03 bits per heavy atom. The van der Waals surface area contributed by atoms with Crippen LogP contribution in [-0.4, -0.2) is 40.3 Å². The van der Waals surface area contributed by atoms with Gasteiger partial charge in [0.15, 0.2) is 0 Å². The van der Waals surface area contributed by atoms with Crippen LogP contribution in [0.1, 0.15) is 17.1 Å². The van der Waals surface area contributed by atoms with Crippen LogP contribution < -0.4 is 10.2 Å². The van der Waals surface area contributed by atoms with Crippen LogP contribution in [0, 0.1) is 0 Å². The molecule has 0 aliphatic heterocycles. The number of rotatable bonds is 6. The van der Waals surface area contributed by atoms with Crippen molar-refractivity contribution in [1.29, 1.82) is 0 Å². The van der Waals surface area contributed by atoms with Gasteiger partial charge in [0, 0.05) is 37.6 Å². The third kappa shape index (κ3) is 5.21. The number of alkyl carbamates (subject to hydrolysis) is 1. The number of carbonyl (C=O) groups is 1. The van der Waals surface area contributed by atoms with Gasteiger partial charge in [-0.3, -0.25) is 4.98 Å². The molecule has 1 N–H and O–H groups in total. The Balaban J connectivity index is 1.53. The molecular formula is C18H17F3N6O3. The predicted molar refractivity (Wildman–Crippen MR) is 98.1 cm³/mol. The number of halogens is 3. The van der Waals surface area contributed by atoms with Gasteiger partial charge in [-0.2, -0.15) is 18.2 Å². The van der Waals surface area contributed by atoms with Gasteiger partial charge in [0.2, 0.25) is 5.82 Å². The summed E-state index contributed by atoms with van der Waals surface area (Å²) in [7, 11) is 3.67. The molecule has 0 aromatic carbocycles. The number of carbonyl (C=O) groups excluding carboxylic acids is 1. The Labute approximate surface area is 168 Å². The summed E-state index contributed by atoms with van der Waals surface area (Å²) in [5.74, 6) is -0.975. The van der Waals surface area contributed by atoms with Crippen LogP contribution in [0.2, 0.25) is 0 Å². The standard InChI is InChI=1S/C18H17F3N6O3/c1-27(2)15-12(4-3-7-22-15)10-29-17(28)24-9-13-6-5-11(8-23-13)14-25-16(30-26-14)18(19,20)21/h3-8H,9-10H2,1-2H3,(H,24,28). The van der Waals surface area contributed by atoms with E-state index in [1.165, 1.54) is 18.3 Å². The molecular weight excluding hydrogens is 405 g/mol. The highest BCUT2D eigenvalue weighted by molar-refractivity contribution is 5.67. The summed E-state index contributed by atoms with van der Waals surface area (Å²) < 4.78 is 46.9. The summed E-state index contributed by atoms with van der Waals surface area (Å²) in [6, 6.07) is 6.54. The molecule has 3 aromatic rings. The Hall–Kier alpha value is -3.70. The lowest BCUT2D eigenvalue weighted by molar-refractivity contribution is -0.159. The first-order chi connectivity index (χ1) is 14.2. The van der Waals surface area contributed by atoms with Crippen LogP contribution in [0.3, 0.4) is 0 Å². The van der Waals surface area contributed by atoms with Crippen molar-refractivity contribution in [2.45, 2.75) is 19.3 Å². The van der Waals surface area contributed by atoms with E-state index >= 15 is 0 Å². The van der Waals surface area contributed by atoms with Crippen molar-refractivity contribution in [3.63, 3.8) is 0 Å². The third-order valence-electron chi connectivity index (χ3n) is 3.82. The van der Waals surface area contributed by atoms with Gasteiger partial charge in [0.25, 0.3) is 0 Å². The SMILES string of the molecule is CN(C)c1ncccc1COC(=O)NCc1ccc(-c2noc(C(F)(F)F)n2)cn1. The van der Waals surface area contributed by atoms with E-state index < -0.39 is 18.2 Å². The maximum atomic E-state index is 12.5. The summed E-state index contributed by atoms with van der Waals surface area (Å²) in [6.45, 7) is 0.103. The first kappa shape index (κ1) is 21.0. The molecule has 0 saturated heterocycles. The fourth-order valence-corrected chi connectivity index (χ4v) is 2.42. The zero-order chi connectivity index (χ0) is 21.7. The second kappa shape index (κ2) is 8.76. The van der Waals surface area contributed by atoms with E-state index in [1.807, 2.05) is 19.0 Å². The monoisotopic (exact) mass is 422 g/mol. The number of aromatic nitrogens is 4. The van der Waals surface area contributed by atoms with Crippen molar-refractivity contribution in [3.05, 3.63) is 53.8 Å². The van der Waals surface area contributed by atoms with Crippen LogP contribution in [0.5, 0.6) is 0 Å². The highest BCUT2D eigenvalue weighted by Gasteiger charge is 2.38. The quantitative estimate of drug-likeness (QED) is 0.646. The molecule has 0 atom stereocenters. The number of amides is 1. The summed E-state index contributed by atoms with van der Waals surface area (Å²) in [5, 5.41) is 5.83. The molecule has 158 valence electrons. The van der Waals surface area contributed by atoms with E-state index in [2.05, 4.69) is 29.9 Å². The lowest BCUT2D eigenvalue weighted by Crippen LogP contribution is -2.24. The molecule has 1 amide bonds. The van der Waals surface area contributed by atoms with E-state index in [-0.39, 0.29) is 24.5 Å². The molecule has 3 aromatic heterocycles. The number of alkyl halides is 3. The molecule has 30 heavy (non-hydrogen) atoms. The number of nitrogens with zero attached hydrogens (tertiary/aromatic N) is 5. The van der Waals surface area contributed by atoms with Crippen LogP contribution >= 0.6 is 0 Å². The molecule has 9 nitrogen and oxygen atoms in total. The largest absolute Gasteiger partial charge is 0.471 e. The zero-order valence-corrected chi connectivity index (χ0v) is 16.0. The molecule has 0 aliphatic carbocycles. The van der Waals surface area contributed by atoms with Crippen molar-refractivity contribution in [1.82, 2.24) is 25.4 Å². The van der Waals surface area contributed by atoms with Gasteiger partial charge in [-0.05, 0) is 18.2 Å². The van der Waals surface area contributed by atoms with Crippen molar-refractivity contribution in [3.8, 4) is 11.4 Å². The fourth-order valence-electron chi connectivity index (χ4n) is 2.42. The molecule has 0 saturated carbocycles. The van der Waals surface area contributed by atoms with Crippen LogP contribution in [0.4, 0.5) is 23.8 Å². The summed E-state index contributed by atoms with van der Waals surface area (Å²) in [5.41, 5.74) is 1.46. The van der Waals surface area contributed by atoms with E-state index in [1.54, 1.807) is 18.3 Å². The first-order valence-corrected chi connectivity index (χ1v) is 8.62. The van der Waals surface area contributed by atoms with Gasteiger partial charge in [-0.25, -0.2) is 9.78 Å². The first-order valence-electron chi connectivity index (χ1n) is 8.62. The molecule has 0 unspecified atom stereocenters. The van der Waals surface area contributed by atoms with Crippen molar-refractivity contribution < 1.29 is 27.2 Å². The lowest BCUT2D eigenvalue weighted by atomic mass is 10.2. The summed E-state index contributed by atoms with van der Waals surface area (Å²) in [4.78, 5) is 25.3. The maximum Gasteiger partial charge on any atom is 0.471 e. The number of hydrogen-bond acceptors (Lipinski definition) is 8. The average Bonchev–Trinajstić information content (AvgIpc) is 3.22. The minimum absolute atomic E-state index is 0.0406. The van der Waals surface area contributed by atoms with Crippen LogP contribution in [0.25, 0.3) is 11.4 Å². The van der Waals surface area contributed by atoms with Gasteiger partial charge in [-0.15, -0.1) is 0 Å². The zero-order valence-electron chi connectivity index (χ0n) is 16.0. The maximum absolute atomic E-state index is 12.5. The van der Waals surface area contributed by atoms with Crippen molar-refractivity contribution >= 4 is 11.9 Å². The van der Waals surface area contributed by atoms with Gasteiger partial charge in [-0.1, -0.05) is 11.2 Å². The lowest BCUT2D eigenvalue weighted by Gasteiger charge is -2.15. The van der Waals surface area contributed by atoms with Crippen molar-refractivity contribution in [2.75, 3.05) is 19.0 Å². The van der Waals surface area contributed by atoms with Gasteiger partial charge < -0.3 is 19.5 Å². The van der Waals surface area contributed by atoms with Gasteiger partial charge >= 0.3 is 18.2 Å². The normalized spacial score (nSPS) is 11.2. The summed E-state index contributed by atoms with van der Waals surface area (Å²) >= 11 is 0. The Kier molecular flexibility index (Phi) is 6.14. The second-order valence-corrected chi connectivity index (χ2v) is 6.27. The molecule has 0 fully saturated rings. The highest BCUT2D eigenvalue weighted by atomic mass is 19.4. The molecule has 3 heterocycles. The Morgan fingerprint density at radius 1 is 1.23 bits per heavy atom. The van der Waals surface area contributed by atoms with Crippen LogP contribution in [-0.2, 0) is 24.1 Å². The number of anilines is 1. The fraction of sp³-hybridized carbons (Fsp3) is 0.278. The Bertz CT molecular complexity index is 1000. The van der Waals surface area contributed by atoms with E-state index in [4.69, 9.17) is 4.74 Å². The van der Waals surface area contributed by atoms with Gasteiger partial charge in [0.1, 0.15) is 12.4 Å². The number of pyridine rings is 2. The third-order valence-corrected chi connectivity index (χ3v) is 3.82. The van der Waals surface area contributed by atoms with E-state index in [9.17, 15) is 18.0 Å². The number of ether oxygens (including phenoxy) is 1. The molecule has 12 heteroatoms. The van der Waals surface area contributed by atoms with Crippen LogP contribution in [0.15, 0.2) is 41.2 Å². The molecule has 0 bridgehead atoms. The Morgan fingerprint density at radius 3 is 2.67 bits per heavy atom. The topological polar surface area (TPSA) is 106 Å². The van der Waals surface area contributed by atoms with E-state index in [0.29, 0.717) is 11.5 Å². The van der Waals surface area contributed by atoms with Gasteiger partial charge in [0.05, 0.1) is 12.2 Å². The predicted octanol–water partition coefficient (Wildman–Crippen LogP) is 3.04. The molecule has 0 spiro atoms. The smallest absolute Gasteiger partial charge is 0.445 e.